The van der Waals surface area contributed by atoms with Crippen LogP contribution in [0.2, 0.25) is 5.02 Å². The first-order valence-corrected chi connectivity index (χ1v) is 6.48. The summed E-state index contributed by atoms with van der Waals surface area (Å²) in [6.07, 6.45) is 0. The van der Waals surface area contributed by atoms with E-state index in [-0.39, 0.29) is 6.04 Å². The molecule has 19 heavy (non-hydrogen) atoms. The molecule has 2 aromatic rings. The van der Waals surface area contributed by atoms with E-state index in [1.54, 1.807) is 0 Å². The van der Waals surface area contributed by atoms with E-state index in [9.17, 15) is 5.26 Å². The summed E-state index contributed by atoms with van der Waals surface area (Å²) in [6, 6.07) is 19.6. The lowest BCUT2D eigenvalue weighted by Gasteiger charge is -2.22. The molecule has 0 N–H and O–H groups in total. The quantitative estimate of drug-likeness (QED) is 0.838. The van der Waals surface area contributed by atoms with Crippen LogP contribution in [0.3, 0.4) is 0 Å². The average molecular weight is 271 g/mol. The van der Waals surface area contributed by atoms with E-state index >= 15 is 0 Å². The average Bonchev–Trinajstić information content (AvgIpc) is 2.43. The van der Waals surface area contributed by atoms with Gasteiger partial charge in [-0.05, 0) is 30.3 Å². The van der Waals surface area contributed by atoms with E-state index in [2.05, 4.69) is 18.2 Å². The van der Waals surface area contributed by atoms with E-state index in [1.165, 1.54) is 5.56 Å². The van der Waals surface area contributed by atoms with Gasteiger partial charge in [0.2, 0.25) is 0 Å². The summed E-state index contributed by atoms with van der Waals surface area (Å²) in [6.45, 7) is 0.738. The van der Waals surface area contributed by atoms with Crippen LogP contribution < -0.4 is 0 Å². The molecule has 0 fully saturated rings. The highest BCUT2D eigenvalue weighted by molar-refractivity contribution is 6.30. The van der Waals surface area contributed by atoms with Crippen molar-refractivity contribution in [3.63, 3.8) is 0 Å². The SMILES string of the molecule is CN(Cc1ccccc1)C(C#N)c1ccc(Cl)cc1. The van der Waals surface area contributed by atoms with Crippen molar-refractivity contribution in [1.29, 1.82) is 5.26 Å². The summed E-state index contributed by atoms with van der Waals surface area (Å²) in [7, 11) is 1.95. The van der Waals surface area contributed by atoms with Crippen molar-refractivity contribution in [3.05, 3.63) is 70.7 Å². The van der Waals surface area contributed by atoms with Crippen molar-refractivity contribution in [3.8, 4) is 6.07 Å². The van der Waals surface area contributed by atoms with Crippen molar-refractivity contribution in [2.24, 2.45) is 0 Å². The fraction of sp³-hybridized carbons (Fsp3) is 0.188. The van der Waals surface area contributed by atoms with Crippen LogP contribution in [0.1, 0.15) is 17.2 Å². The molecule has 0 bridgehead atoms. The number of hydrogen-bond donors (Lipinski definition) is 0. The van der Waals surface area contributed by atoms with Gasteiger partial charge in [-0.25, -0.2) is 0 Å². The van der Waals surface area contributed by atoms with Gasteiger partial charge in [-0.1, -0.05) is 54.1 Å². The largest absolute Gasteiger partial charge is 0.283 e. The molecule has 1 atom stereocenters. The van der Waals surface area contributed by atoms with Gasteiger partial charge in [0.05, 0.1) is 6.07 Å². The van der Waals surface area contributed by atoms with Gasteiger partial charge in [-0.2, -0.15) is 5.26 Å². The standard InChI is InChI=1S/C16H15ClN2/c1-19(12-13-5-3-2-4-6-13)16(11-18)14-7-9-15(17)10-8-14/h2-10,16H,12H2,1H3. The molecular weight excluding hydrogens is 256 g/mol. The van der Waals surface area contributed by atoms with E-state index in [1.807, 2.05) is 54.4 Å². The lowest BCUT2D eigenvalue weighted by atomic mass is 10.1. The maximum absolute atomic E-state index is 9.37. The van der Waals surface area contributed by atoms with E-state index in [0.29, 0.717) is 5.02 Å². The predicted octanol–water partition coefficient (Wildman–Crippen LogP) is 4.04. The zero-order valence-electron chi connectivity index (χ0n) is 10.8. The predicted molar refractivity (Wildman–Crippen MR) is 77.7 cm³/mol. The third-order valence-corrected chi connectivity index (χ3v) is 3.28. The summed E-state index contributed by atoms with van der Waals surface area (Å²) in [5.74, 6) is 0. The van der Waals surface area contributed by atoms with Gasteiger partial charge >= 0.3 is 0 Å². The van der Waals surface area contributed by atoms with Gasteiger partial charge in [-0.3, -0.25) is 4.90 Å². The third-order valence-electron chi connectivity index (χ3n) is 3.02. The zero-order chi connectivity index (χ0) is 13.7. The summed E-state index contributed by atoms with van der Waals surface area (Å²) in [5, 5.41) is 10.1. The van der Waals surface area contributed by atoms with Crippen molar-refractivity contribution < 1.29 is 0 Å². The second-order valence-corrected chi connectivity index (χ2v) is 4.92. The Kier molecular flexibility index (Phi) is 4.57. The number of nitriles is 1. The summed E-state index contributed by atoms with van der Waals surface area (Å²) < 4.78 is 0. The van der Waals surface area contributed by atoms with Crippen molar-refractivity contribution >= 4 is 11.6 Å². The van der Waals surface area contributed by atoms with Crippen molar-refractivity contribution in [2.75, 3.05) is 7.05 Å². The summed E-state index contributed by atoms with van der Waals surface area (Å²) in [5.41, 5.74) is 2.16. The monoisotopic (exact) mass is 270 g/mol. The molecule has 2 rings (SSSR count). The molecule has 0 saturated carbocycles. The fourth-order valence-electron chi connectivity index (χ4n) is 2.04. The van der Waals surface area contributed by atoms with Gasteiger partial charge in [0.15, 0.2) is 0 Å². The Hall–Kier alpha value is -1.82. The Bertz CT molecular complexity index is 558. The van der Waals surface area contributed by atoms with Gasteiger partial charge in [-0.15, -0.1) is 0 Å². The maximum Gasteiger partial charge on any atom is 0.123 e. The van der Waals surface area contributed by atoms with Crippen molar-refractivity contribution in [2.45, 2.75) is 12.6 Å². The fourth-order valence-corrected chi connectivity index (χ4v) is 2.16. The molecule has 0 saturated heterocycles. The molecule has 2 aromatic carbocycles. The maximum atomic E-state index is 9.37. The molecule has 0 aromatic heterocycles. The highest BCUT2D eigenvalue weighted by Crippen LogP contribution is 2.22. The zero-order valence-corrected chi connectivity index (χ0v) is 11.5. The Labute approximate surface area is 118 Å². The van der Waals surface area contributed by atoms with E-state index in [0.717, 1.165) is 12.1 Å². The number of hydrogen-bond acceptors (Lipinski definition) is 2. The minimum Gasteiger partial charge on any atom is -0.283 e. The Balaban J connectivity index is 2.14. The molecule has 0 aliphatic rings. The van der Waals surface area contributed by atoms with Crippen LogP contribution in [0.25, 0.3) is 0 Å². The Morgan fingerprint density at radius 1 is 1.11 bits per heavy atom. The van der Waals surface area contributed by atoms with E-state index in [4.69, 9.17) is 11.6 Å². The minimum absolute atomic E-state index is 0.266. The second-order valence-electron chi connectivity index (χ2n) is 4.48. The molecule has 0 radical (unpaired) electrons. The topological polar surface area (TPSA) is 27.0 Å². The van der Waals surface area contributed by atoms with Gasteiger partial charge in [0.1, 0.15) is 6.04 Å². The number of rotatable bonds is 4. The van der Waals surface area contributed by atoms with Crippen LogP contribution in [-0.4, -0.2) is 11.9 Å². The minimum atomic E-state index is -0.266. The van der Waals surface area contributed by atoms with Crippen LogP contribution in [0.5, 0.6) is 0 Å². The van der Waals surface area contributed by atoms with Gasteiger partial charge in [0.25, 0.3) is 0 Å². The van der Waals surface area contributed by atoms with Crippen molar-refractivity contribution in [1.82, 2.24) is 4.90 Å². The van der Waals surface area contributed by atoms with E-state index < -0.39 is 0 Å². The molecule has 0 spiro atoms. The molecule has 1 unspecified atom stereocenters. The smallest absolute Gasteiger partial charge is 0.123 e. The second kappa shape index (κ2) is 6.38. The van der Waals surface area contributed by atoms with Gasteiger partial charge < -0.3 is 0 Å². The first-order chi connectivity index (χ1) is 9.20. The summed E-state index contributed by atoms with van der Waals surface area (Å²) >= 11 is 5.87. The van der Waals surface area contributed by atoms with Crippen LogP contribution in [-0.2, 0) is 6.54 Å². The normalized spacial score (nSPS) is 12.1. The molecule has 0 heterocycles. The molecule has 96 valence electrons. The van der Waals surface area contributed by atoms with Crippen LogP contribution in [0.15, 0.2) is 54.6 Å². The Morgan fingerprint density at radius 2 is 1.74 bits per heavy atom. The summed E-state index contributed by atoms with van der Waals surface area (Å²) in [4.78, 5) is 2.03. The number of halogens is 1. The van der Waals surface area contributed by atoms with Crippen LogP contribution in [0, 0.1) is 11.3 Å². The highest BCUT2D eigenvalue weighted by atomic mass is 35.5. The van der Waals surface area contributed by atoms with Crippen LogP contribution in [0.4, 0.5) is 0 Å². The molecule has 0 amide bonds. The molecule has 2 nitrogen and oxygen atoms in total. The first kappa shape index (κ1) is 13.6. The Morgan fingerprint density at radius 3 is 2.32 bits per heavy atom. The van der Waals surface area contributed by atoms with Crippen LogP contribution >= 0.6 is 11.6 Å². The molecule has 0 aliphatic carbocycles. The van der Waals surface area contributed by atoms with Gasteiger partial charge in [0, 0.05) is 11.6 Å². The lowest BCUT2D eigenvalue weighted by molar-refractivity contribution is 0.283. The first-order valence-electron chi connectivity index (χ1n) is 6.10. The number of benzene rings is 2. The molecular formula is C16H15ClN2. The number of nitrogens with zero attached hydrogens (tertiary/aromatic N) is 2. The molecule has 3 heteroatoms. The highest BCUT2D eigenvalue weighted by Gasteiger charge is 2.16. The molecule has 0 aliphatic heterocycles. The lowest BCUT2D eigenvalue weighted by Crippen LogP contribution is -2.23. The third kappa shape index (κ3) is 3.57.